The molecule has 0 aliphatic heterocycles. The lowest BCUT2D eigenvalue weighted by atomic mass is 10.1. The van der Waals surface area contributed by atoms with Crippen LogP contribution >= 0.6 is 0 Å². The van der Waals surface area contributed by atoms with Gasteiger partial charge >= 0.3 is 0 Å². The number of fused-ring (bicyclic) bond motifs is 1. The van der Waals surface area contributed by atoms with Crippen molar-refractivity contribution >= 4 is 27.1 Å². The molecule has 1 saturated carbocycles. The molecule has 2 atom stereocenters. The molecule has 0 radical (unpaired) electrons. The van der Waals surface area contributed by atoms with Crippen molar-refractivity contribution < 1.29 is 26.9 Å². The first-order chi connectivity index (χ1) is 17.2. The molecule has 188 valence electrons. The number of halogens is 1. The van der Waals surface area contributed by atoms with Crippen molar-refractivity contribution in [3.8, 4) is 11.4 Å². The maximum Gasteiger partial charge on any atom is 0.274 e. The van der Waals surface area contributed by atoms with E-state index in [1.807, 2.05) is 19.1 Å². The van der Waals surface area contributed by atoms with Gasteiger partial charge in [0.15, 0.2) is 0 Å². The summed E-state index contributed by atoms with van der Waals surface area (Å²) in [6.07, 6.45) is 3.82. The summed E-state index contributed by atoms with van der Waals surface area (Å²) < 4.78 is 48.0. The van der Waals surface area contributed by atoms with Crippen LogP contribution in [-0.4, -0.2) is 58.6 Å². The molecule has 4 aromatic rings. The minimum absolute atomic E-state index is 0.0456. The van der Waals surface area contributed by atoms with Crippen LogP contribution in [-0.2, 0) is 21.2 Å². The highest BCUT2D eigenvalue weighted by Gasteiger charge is 2.43. The maximum atomic E-state index is 13.3. The number of hydrogen-bond donors (Lipinski definition) is 1. The highest BCUT2D eigenvalue weighted by atomic mass is 32.2. The van der Waals surface area contributed by atoms with E-state index in [0.717, 1.165) is 17.4 Å². The van der Waals surface area contributed by atoms with E-state index in [1.54, 1.807) is 28.8 Å². The molecule has 12 heteroatoms. The Labute approximate surface area is 206 Å². The third-order valence-corrected chi connectivity index (χ3v) is 6.80. The van der Waals surface area contributed by atoms with E-state index < -0.39 is 16.0 Å². The first-order valence-electron chi connectivity index (χ1n) is 11.3. The summed E-state index contributed by atoms with van der Waals surface area (Å²) in [5.74, 6) is -0.108. The Hall–Kier alpha value is -3.64. The number of sulfone groups is 1. The fourth-order valence-corrected chi connectivity index (χ4v) is 4.11. The van der Waals surface area contributed by atoms with Crippen molar-refractivity contribution in [3.05, 3.63) is 65.4 Å². The number of aryl methyl sites for hydroxylation is 1. The standard InChI is InChI=1S/C24H24FN5O5S/c1-14-3-4-16(22-28-24(35-29-22)17-11-18(17)25)10-19(14)27-23(31)20-12-26-21-9-15(5-6-30(20)21)13-34-7-8-36(2,32)33/h3-6,9-10,12,17-18H,7-8,11,13H2,1-2H3,(H,27,31)/t17-,18-/m0/s1. The third-order valence-electron chi connectivity index (χ3n) is 5.89. The summed E-state index contributed by atoms with van der Waals surface area (Å²) in [7, 11) is -3.08. The number of carbonyl (C=O) groups is 1. The number of imidazole rings is 1. The van der Waals surface area contributed by atoms with Crippen LogP contribution in [0.1, 0.15) is 39.8 Å². The van der Waals surface area contributed by atoms with Gasteiger partial charge in [0.1, 0.15) is 27.4 Å². The third kappa shape index (κ3) is 5.29. The van der Waals surface area contributed by atoms with Crippen LogP contribution in [0.3, 0.4) is 0 Å². The molecular formula is C24H24FN5O5S. The highest BCUT2D eigenvalue weighted by molar-refractivity contribution is 7.90. The Morgan fingerprint density at radius 3 is 2.86 bits per heavy atom. The van der Waals surface area contributed by atoms with Gasteiger partial charge in [0.05, 0.1) is 31.1 Å². The van der Waals surface area contributed by atoms with Gasteiger partial charge in [-0.05, 0) is 42.7 Å². The Kier molecular flexibility index (Phi) is 6.31. The van der Waals surface area contributed by atoms with Crippen LogP contribution < -0.4 is 5.32 Å². The molecule has 5 rings (SSSR count). The summed E-state index contributed by atoms with van der Waals surface area (Å²) in [4.78, 5) is 21.7. The second kappa shape index (κ2) is 9.43. The maximum absolute atomic E-state index is 13.3. The normalized spacial score (nSPS) is 17.4. The van der Waals surface area contributed by atoms with Crippen LogP contribution in [0.5, 0.6) is 0 Å². The van der Waals surface area contributed by atoms with Crippen molar-refractivity contribution in [2.75, 3.05) is 23.9 Å². The Morgan fingerprint density at radius 1 is 1.31 bits per heavy atom. The first kappa shape index (κ1) is 24.1. The van der Waals surface area contributed by atoms with Crippen molar-refractivity contribution in [2.24, 2.45) is 0 Å². The lowest BCUT2D eigenvalue weighted by Crippen LogP contribution is -2.15. The Balaban J connectivity index is 1.29. The van der Waals surface area contributed by atoms with Gasteiger partial charge in [-0.15, -0.1) is 0 Å². The molecule has 36 heavy (non-hydrogen) atoms. The average molecular weight is 514 g/mol. The van der Waals surface area contributed by atoms with E-state index in [4.69, 9.17) is 9.26 Å². The number of aromatic nitrogens is 4. The van der Waals surface area contributed by atoms with Gasteiger partial charge in [-0.25, -0.2) is 17.8 Å². The second-order valence-electron chi connectivity index (χ2n) is 8.89. The number of anilines is 1. The summed E-state index contributed by atoms with van der Waals surface area (Å²) in [5.41, 5.74) is 3.75. The average Bonchev–Trinajstić information content (AvgIpc) is 3.22. The van der Waals surface area contributed by atoms with E-state index in [1.165, 1.54) is 6.20 Å². The van der Waals surface area contributed by atoms with Crippen LogP contribution in [0.2, 0.25) is 0 Å². The molecule has 0 bridgehead atoms. The molecule has 0 unspecified atom stereocenters. The molecule has 1 aliphatic carbocycles. The van der Waals surface area contributed by atoms with Crippen molar-refractivity contribution in [1.29, 1.82) is 0 Å². The van der Waals surface area contributed by atoms with Crippen molar-refractivity contribution in [3.63, 3.8) is 0 Å². The Bertz CT molecular complexity index is 1550. The van der Waals surface area contributed by atoms with Gasteiger partial charge in [0.25, 0.3) is 5.91 Å². The van der Waals surface area contributed by atoms with E-state index in [-0.39, 0.29) is 36.7 Å². The van der Waals surface area contributed by atoms with Crippen LogP contribution in [0.15, 0.2) is 47.2 Å². The fraction of sp³-hybridized carbons (Fsp3) is 0.333. The van der Waals surface area contributed by atoms with Crippen molar-refractivity contribution in [1.82, 2.24) is 19.5 Å². The minimum Gasteiger partial charge on any atom is -0.376 e. The number of rotatable bonds is 9. The molecular weight excluding hydrogens is 489 g/mol. The van der Waals surface area contributed by atoms with Gasteiger partial charge in [-0.2, -0.15) is 4.98 Å². The summed E-state index contributed by atoms with van der Waals surface area (Å²) in [5, 5.41) is 6.86. The predicted molar refractivity (Wildman–Crippen MR) is 129 cm³/mol. The van der Waals surface area contributed by atoms with E-state index in [9.17, 15) is 17.6 Å². The zero-order valence-electron chi connectivity index (χ0n) is 19.6. The van der Waals surface area contributed by atoms with Crippen LogP contribution in [0.25, 0.3) is 17.0 Å². The number of pyridine rings is 1. The topological polar surface area (TPSA) is 129 Å². The number of nitrogens with zero attached hydrogens (tertiary/aromatic N) is 4. The number of amides is 1. The summed E-state index contributed by atoms with van der Waals surface area (Å²) in [6, 6.07) is 8.96. The second-order valence-corrected chi connectivity index (χ2v) is 11.1. The predicted octanol–water partition coefficient (Wildman–Crippen LogP) is 3.33. The Morgan fingerprint density at radius 2 is 2.11 bits per heavy atom. The van der Waals surface area contributed by atoms with Gasteiger partial charge in [-0.3, -0.25) is 9.20 Å². The lowest BCUT2D eigenvalue weighted by Gasteiger charge is -2.10. The lowest BCUT2D eigenvalue weighted by molar-refractivity contribution is 0.102. The number of ether oxygens (including phenoxy) is 1. The fourth-order valence-electron chi connectivity index (χ4n) is 3.69. The molecule has 0 saturated heterocycles. The zero-order valence-corrected chi connectivity index (χ0v) is 20.5. The van der Waals surface area contributed by atoms with Gasteiger partial charge in [-0.1, -0.05) is 17.3 Å². The quantitative estimate of drug-likeness (QED) is 0.338. The molecule has 3 aromatic heterocycles. The zero-order chi connectivity index (χ0) is 25.4. The van der Waals surface area contributed by atoms with E-state index in [2.05, 4.69) is 20.4 Å². The largest absolute Gasteiger partial charge is 0.376 e. The van der Waals surface area contributed by atoms with E-state index in [0.29, 0.717) is 34.8 Å². The molecule has 1 amide bonds. The monoisotopic (exact) mass is 513 g/mol. The molecule has 1 aromatic carbocycles. The molecule has 1 N–H and O–H groups in total. The van der Waals surface area contributed by atoms with Crippen molar-refractivity contribution in [2.45, 2.75) is 32.0 Å². The minimum atomic E-state index is -3.08. The SMILES string of the molecule is Cc1ccc(-c2noc([C@H]3C[C@@H]3F)n2)cc1NC(=O)c1cnc2cc(COCCS(C)(=O)=O)ccn12. The van der Waals surface area contributed by atoms with Crippen LogP contribution in [0, 0.1) is 6.92 Å². The van der Waals surface area contributed by atoms with Gasteiger partial charge in [0, 0.05) is 23.7 Å². The van der Waals surface area contributed by atoms with Gasteiger partial charge in [0.2, 0.25) is 11.7 Å². The molecule has 0 spiro atoms. The van der Waals surface area contributed by atoms with E-state index >= 15 is 0 Å². The number of carbonyl (C=O) groups excluding carboxylic acids is 1. The summed E-state index contributed by atoms with van der Waals surface area (Å²) in [6.45, 7) is 2.20. The molecule has 10 nitrogen and oxygen atoms in total. The summed E-state index contributed by atoms with van der Waals surface area (Å²) >= 11 is 0. The molecule has 3 heterocycles. The number of benzene rings is 1. The molecule has 1 aliphatic rings. The van der Waals surface area contributed by atoms with Crippen LogP contribution in [0.4, 0.5) is 10.1 Å². The number of nitrogens with one attached hydrogen (secondary N) is 1. The molecule has 1 fully saturated rings. The number of alkyl halides is 1. The first-order valence-corrected chi connectivity index (χ1v) is 13.4. The highest BCUT2D eigenvalue weighted by Crippen LogP contribution is 2.43. The van der Waals surface area contributed by atoms with Gasteiger partial charge < -0.3 is 14.6 Å². The smallest absolute Gasteiger partial charge is 0.274 e. The number of hydrogen-bond acceptors (Lipinski definition) is 8.